The van der Waals surface area contributed by atoms with Crippen LogP contribution in [0.15, 0.2) is 24.3 Å². The van der Waals surface area contributed by atoms with Crippen LogP contribution in [0.3, 0.4) is 0 Å². The Morgan fingerprint density at radius 1 is 1.16 bits per heavy atom. The number of anilines is 1. The molecule has 1 rings (SSSR count). The van der Waals surface area contributed by atoms with Crippen molar-refractivity contribution in [3.8, 4) is 0 Å². The SMILES string of the molecule is COC(=O)c1ccc(NC(=O)COC(C)(C)C)cc1. The van der Waals surface area contributed by atoms with Gasteiger partial charge < -0.3 is 14.8 Å². The standard InChI is InChI=1S/C14H19NO4/c1-14(2,3)19-9-12(16)15-11-7-5-10(6-8-11)13(17)18-4/h5-8H,9H2,1-4H3,(H,15,16). The van der Waals surface area contributed by atoms with E-state index in [1.165, 1.54) is 7.11 Å². The van der Waals surface area contributed by atoms with Crippen LogP contribution >= 0.6 is 0 Å². The highest BCUT2D eigenvalue weighted by molar-refractivity contribution is 5.93. The largest absolute Gasteiger partial charge is 0.465 e. The molecule has 0 bridgehead atoms. The molecule has 0 aromatic heterocycles. The number of hydrogen-bond acceptors (Lipinski definition) is 4. The quantitative estimate of drug-likeness (QED) is 0.848. The second-order valence-electron chi connectivity index (χ2n) is 5.02. The normalized spacial score (nSPS) is 10.9. The number of methoxy groups -OCH3 is 1. The van der Waals surface area contributed by atoms with Crippen molar-refractivity contribution >= 4 is 17.6 Å². The number of ether oxygens (including phenoxy) is 2. The predicted octanol–water partition coefficient (Wildman–Crippen LogP) is 2.23. The molecule has 0 aliphatic heterocycles. The van der Waals surface area contributed by atoms with Gasteiger partial charge in [0.2, 0.25) is 5.91 Å². The van der Waals surface area contributed by atoms with E-state index in [0.717, 1.165) is 0 Å². The average Bonchev–Trinajstić information content (AvgIpc) is 2.35. The van der Waals surface area contributed by atoms with Gasteiger partial charge in [-0.2, -0.15) is 0 Å². The third-order valence-electron chi connectivity index (χ3n) is 2.23. The van der Waals surface area contributed by atoms with E-state index in [9.17, 15) is 9.59 Å². The lowest BCUT2D eigenvalue weighted by atomic mass is 10.2. The van der Waals surface area contributed by atoms with Crippen LogP contribution in [-0.4, -0.2) is 31.2 Å². The summed E-state index contributed by atoms with van der Waals surface area (Å²) in [6.07, 6.45) is 0. The van der Waals surface area contributed by atoms with Crippen LogP contribution in [0.4, 0.5) is 5.69 Å². The first-order valence-corrected chi connectivity index (χ1v) is 5.94. The second kappa shape index (κ2) is 6.33. The number of hydrogen-bond donors (Lipinski definition) is 1. The number of benzene rings is 1. The molecular formula is C14H19NO4. The molecule has 1 aromatic carbocycles. The summed E-state index contributed by atoms with van der Waals surface area (Å²) < 4.78 is 9.94. The van der Waals surface area contributed by atoms with Crippen LogP contribution < -0.4 is 5.32 Å². The van der Waals surface area contributed by atoms with Gasteiger partial charge in [-0.3, -0.25) is 4.79 Å². The van der Waals surface area contributed by atoms with Gasteiger partial charge >= 0.3 is 5.97 Å². The van der Waals surface area contributed by atoms with Gasteiger partial charge in [0, 0.05) is 5.69 Å². The van der Waals surface area contributed by atoms with Crippen LogP contribution in [0.1, 0.15) is 31.1 Å². The Morgan fingerprint density at radius 2 is 1.74 bits per heavy atom. The molecule has 0 aliphatic rings. The molecule has 0 radical (unpaired) electrons. The van der Waals surface area contributed by atoms with Gasteiger partial charge in [0.05, 0.1) is 18.3 Å². The van der Waals surface area contributed by atoms with E-state index in [4.69, 9.17) is 4.74 Å². The van der Waals surface area contributed by atoms with Gasteiger partial charge in [0.1, 0.15) is 6.61 Å². The third kappa shape index (κ3) is 5.52. The fraction of sp³-hybridized carbons (Fsp3) is 0.429. The van der Waals surface area contributed by atoms with Gasteiger partial charge in [-0.05, 0) is 45.0 Å². The van der Waals surface area contributed by atoms with Gasteiger partial charge in [-0.25, -0.2) is 4.79 Å². The lowest BCUT2D eigenvalue weighted by Gasteiger charge is -2.19. The van der Waals surface area contributed by atoms with Crippen molar-refractivity contribution < 1.29 is 19.1 Å². The van der Waals surface area contributed by atoms with Gasteiger partial charge in [-0.1, -0.05) is 0 Å². The molecule has 1 N–H and O–H groups in total. The van der Waals surface area contributed by atoms with E-state index in [1.54, 1.807) is 24.3 Å². The summed E-state index contributed by atoms with van der Waals surface area (Å²) in [5, 5.41) is 2.68. The van der Waals surface area contributed by atoms with E-state index in [-0.39, 0.29) is 18.1 Å². The number of carbonyl (C=O) groups excluding carboxylic acids is 2. The zero-order valence-corrected chi connectivity index (χ0v) is 11.6. The number of amides is 1. The molecule has 0 unspecified atom stereocenters. The van der Waals surface area contributed by atoms with Gasteiger partial charge in [0.15, 0.2) is 0 Å². The van der Waals surface area contributed by atoms with Gasteiger partial charge in [-0.15, -0.1) is 0 Å². The van der Waals surface area contributed by atoms with Crippen LogP contribution in [0, 0.1) is 0 Å². The van der Waals surface area contributed by atoms with Crippen molar-refractivity contribution in [1.82, 2.24) is 0 Å². The lowest BCUT2D eigenvalue weighted by molar-refractivity contribution is -0.125. The summed E-state index contributed by atoms with van der Waals surface area (Å²) in [6.45, 7) is 5.63. The Kier molecular flexibility index (Phi) is 5.06. The second-order valence-corrected chi connectivity index (χ2v) is 5.02. The predicted molar refractivity (Wildman–Crippen MR) is 72.1 cm³/mol. The Labute approximate surface area is 112 Å². The fourth-order valence-electron chi connectivity index (χ4n) is 1.29. The van der Waals surface area contributed by atoms with Crippen LogP contribution in [0.25, 0.3) is 0 Å². The molecule has 0 spiro atoms. The fourth-order valence-corrected chi connectivity index (χ4v) is 1.29. The summed E-state index contributed by atoms with van der Waals surface area (Å²) in [5.74, 6) is -0.644. The average molecular weight is 265 g/mol. The molecule has 5 heteroatoms. The van der Waals surface area contributed by atoms with Crippen molar-refractivity contribution in [3.63, 3.8) is 0 Å². The van der Waals surface area contributed by atoms with Crippen molar-refractivity contribution in [3.05, 3.63) is 29.8 Å². The molecule has 5 nitrogen and oxygen atoms in total. The van der Waals surface area contributed by atoms with E-state index in [0.29, 0.717) is 11.3 Å². The molecular weight excluding hydrogens is 246 g/mol. The Hall–Kier alpha value is -1.88. The smallest absolute Gasteiger partial charge is 0.337 e. The Balaban J connectivity index is 2.54. The maximum atomic E-state index is 11.6. The van der Waals surface area contributed by atoms with E-state index in [2.05, 4.69) is 10.1 Å². The zero-order chi connectivity index (χ0) is 14.5. The molecule has 0 saturated carbocycles. The molecule has 0 heterocycles. The molecule has 0 atom stereocenters. The zero-order valence-electron chi connectivity index (χ0n) is 11.6. The van der Waals surface area contributed by atoms with Gasteiger partial charge in [0.25, 0.3) is 0 Å². The highest BCUT2D eigenvalue weighted by Crippen LogP contribution is 2.11. The summed E-state index contributed by atoms with van der Waals surface area (Å²) in [7, 11) is 1.32. The topological polar surface area (TPSA) is 64.6 Å². The highest BCUT2D eigenvalue weighted by atomic mass is 16.5. The Morgan fingerprint density at radius 3 is 2.21 bits per heavy atom. The number of carbonyl (C=O) groups is 2. The lowest BCUT2D eigenvalue weighted by Crippen LogP contribution is -2.27. The summed E-state index contributed by atoms with van der Waals surface area (Å²) in [6, 6.07) is 6.46. The number of rotatable bonds is 4. The third-order valence-corrected chi connectivity index (χ3v) is 2.23. The maximum Gasteiger partial charge on any atom is 0.337 e. The first-order valence-electron chi connectivity index (χ1n) is 5.94. The molecule has 104 valence electrons. The van der Waals surface area contributed by atoms with Crippen LogP contribution in [-0.2, 0) is 14.3 Å². The highest BCUT2D eigenvalue weighted by Gasteiger charge is 2.13. The molecule has 0 fully saturated rings. The van der Waals surface area contributed by atoms with Crippen molar-refractivity contribution in [2.24, 2.45) is 0 Å². The molecule has 1 amide bonds. The first-order chi connectivity index (χ1) is 8.81. The number of esters is 1. The minimum absolute atomic E-state index is 0.0117. The summed E-state index contributed by atoms with van der Waals surface area (Å²) >= 11 is 0. The molecule has 19 heavy (non-hydrogen) atoms. The number of nitrogens with one attached hydrogen (secondary N) is 1. The molecule has 0 saturated heterocycles. The monoisotopic (exact) mass is 265 g/mol. The van der Waals surface area contributed by atoms with Crippen LogP contribution in [0.2, 0.25) is 0 Å². The van der Waals surface area contributed by atoms with Crippen molar-refractivity contribution in [1.29, 1.82) is 0 Å². The minimum Gasteiger partial charge on any atom is -0.465 e. The summed E-state index contributed by atoms with van der Waals surface area (Å²) in [4.78, 5) is 22.8. The van der Waals surface area contributed by atoms with Crippen molar-refractivity contribution in [2.45, 2.75) is 26.4 Å². The van der Waals surface area contributed by atoms with Crippen LogP contribution in [0.5, 0.6) is 0 Å². The van der Waals surface area contributed by atoms with E-state index < -0.39 is 5.97 Å². The maximum absolute atomic E-state index is 11.6. The molecule has 0 aliphatic carbocycles. The molecule has 1 aromatic rings. The van der Waals surface area contributed by atoms with E-state index >= 15 is 0 Å². The minimum atomic E-state index is -0.408. The summed E-state index contributed by atoms with van der Waals surface area (Å²) in [5.41, 5.74) is 0.688. The Bertz CT molecular complexity index is 446. The van der Waals surface area contributed by atoms with Crippen molar-refractivity contribution in [2.75, 3.05) is 19.0 Å². The van der Waals surface area contributed by atoms with E-state index in [1.807, 2.05) is 20.8 Å². The first kappa shape index (κ1) is 15.2.